The van der Waals surface area contributed by atoms with E-state index in [1.54, 1.807) is 6.07 Å². The van der Waals surface area contributed by atoms with Crippen molar-refractivity contribution in [2.45, 2.75) is 39.2 Å². The third-order valence-electron chi connectivity index (χ3n) is 3.48. The number of hydrogen-bond acceptors (Lipinski definition) is 4. The lowest BCUT2D eigenvalue weighted by Gasteiger charge is -2.32. The highest BCUT2D eigenvalue weighted by atomic mass is 16.6. The molecule has 18 heavy (non-hydrogen) atoms. The number of benzene rings is 1. The highest BCUT2D eigenvalue weighted by molar-refractivity contribution is 5.56. The first-order chi connectivity index (χ1) is 8.48. The number of non-ortho nitro benzene ring substituents is 1. The Morgan fingerprint density at radius 2 is 2.00 bits per heavy atom. The molecule has 0 unspecified atom stereocenters. The monoisotopic (exact) mass is 252 g/mol. The summed E-state index contributed by atoms with van der Waals surface area (Å²) < 4.78 is 0. The van der Waals surface area contributed by atoms with Crippen molar-refractivity contribution < 1.29 is 10.0 Å². The van der Waals surface area contributed by atoms with Gasteiger partial charge in [-0.3, -0.25) is 10.1 Å². The van der Waals surface area contributed by atoms with Gasteiger partial charge in [-0.1, -0.05) is 13.8 Å². The Labute approximate surface area is 107 Å². The van der Waals surface area contributed by atoms with Gasteiger partial charge in [0.15, 0.2) is 0 Å². The maximum Gasteiger partial charge on any atom is 0.269 e. The Morgan fingerprint density at radius 1 is 1.39 bits per heavy atom. The molecule has 0 aliphatic rings. The van der Waals surface area contributed by atoms with E-state index in [4.69, 9.17) is 0 Å². The minimum Gasteiger partial charge on any atom is -0.394 e. The van der Waals surface area contributed by atoms with Crippen LogP contribution in [0.15, 0.2) is 18.2 Å². The van der Waals surface area contributed by atoms with Crippen LogP contribution >= 0.6 is 0 Å². The molecule has 2 N–H and O–H groups in total. The van der Waals surface area contributed by atoms with Crippen molar-refractivity contribution in [2.75, 3.05) is 11.9 Å². The molecule has 0 bridgehead atoms. The van der Waals surface area contributed by atoms with Crippen LogP contribution in [0.2, 0.25) is 0 Å². The lowest BCUT2D eigenvalue weighted by Crippen LogP contribution is -2.41. The van der Waals surface area contributed by atoms with Gasteiger partial charge in [0.2, 0.25) is 0 Å². The minimum absolute atomic E-state index is 0.0381. The molecule has 0 fully saturated rings. The summed E-state index contributed by atoms with van der Waals surface area (Å²) in [7, 11) is 0. The smallest absolute Gasteiger partial charge is 0.269 e. The zero-order valence-electron chi connectivity index (χ0n) is 11.1. The van der Waals surface area contributed by atoms with E-state index in [0.29, 0.717) is 0 Å². The zero-order chi connectivity index (χ0) is 13.8. The topological polar surface area (TPSA) is 75.4 Å². The first kappa shape index (κ1) is 14.4. The second kappa shape index (κ2) is 5.82. The van der Waals surface area contributed by atoms with Gasteiger partial charge in [-0.25, -0.2) is 0 Å². The number of nitro benzene ring substituents is 1. The summed E-state index contributed by atoms with van der Waals surface area (Å²) in [5.74, 6) is 0. The molecule has 0 radical (unpaired) electrons. The Morgan fingerprint density at radius 3 is 2.39 bits per heavy atom. The fraction of sp³-hybridized carbons (Fsp3) is 0.538. The molecular formula is C13H20N2O3. The first-order valence-corrected chi connectivity index (χ1v) is 6.12. The van der Waals surface area contributed by atoms with Gasteiger partial charge in [-0.2, -0.15) is 0 Å². The first-order valence-electron chi connectivity index (χ1n) is 6.12. The largest absolute Gasteiger partial charge is 0.394 e. The van der Waals surface area contributed by atoms with Crippen LogP contribution in [0.4, 0.5) is 11.4 Å². The molecule has 0 spiro atoms. The van der Waals surface area contributed by atoms with Crippen molar-refractivity contribution in [1.82, 2.24) is 0 Å². The molecule has 0 atom stereocenters. The third kappa shape index (κ3) is 2.98. The summed E-state index contributed by atoms with van der Waals surface area (Å²) in [4.78, 5) is 10.3. The van der Waals surface area contributed by atoms with Gasteiger partial charge in [0.1, 0.15) is 0 Å². The van der Waals surface area contributed by atoms with Crippen molar-refractivity contribution in [3.05, 3.63) is 33.9 Å². The van der Waals surface area contributed by atoms with E-state index in [9.17, 15) is 15.2 Å². The van der Waals surface area contributed by atoms with Crippen LogP contribution in [-0.4, -0.2) is 22.2 Å². The molecule has 0 amide bonds. The molecule has 0 aromatic heterocycles. The number of nitrogens with zero attached hydrogens (tertiary/aromatic N) is 1. The summed E-state index contributed by atoms with van der Waals surface area (Å²) in [6.07, 6.45) is 1.58. The Hall–Kier alpha value is -1.62. The highest BCUT2D eigenvalue weighted by Crippen LogP contribution is 2.27. The van der Waals surface area contributed by atoms with Crippen molar-refractivity contribution >= 4 is 11.4 Å². The van der Waals surface area contributed by atoms with E-state index in [2.05, 4.69) is 5.32 Å². The van der Waals surface area contributed by atoms with Crippen LogP contribution in [0.5, 0.6) is 0 Å². The van der Waals surface area contributed by atoms with Crippen LogP contribution in [-0.2, 0) is 0 Å². The maximum absolute atomic E-state index is 10.7. The van der Waals surface area contributed by atoms with Crippen LogP contribution in [0.1, 0.15) is 32.3 Å². The Balaban J connectivity index is 3.01. The fourth-order valence-corrected chi connectivity index (χ4v) is 1.88. The molecule has 0 heterocycles. The maximum atomic E-state index is 10.7. The predicted octanol–water partition coefficient (Wildman–Crippen LogP) is 2.87. The van der Waals surface area contributed by atoms with E-state index in [-0.39, 0.29) is 17.8 Å². The lowest BCUT2D eigenvalue weighted by molar-refractivity contribution is -0.384. The molecule has 0 saturated heterocycles. The number of nitro groups is 1. The summed E-state index contributed by atoms with van der Waals surface area (Å²) in [6, 6.07) is 4.71. The van der Waals surface area contributed by atoms with Crippen LogP contribution in [0.3, 0.4) is 0 Å². The lowest BCUT2D eigenvalue weighted by atomic mass is 9.93. The van der Waals surface area contributed by atoms with E-state index in [1.165, 1.54) is 12.1 Å². The normalized spacial score (nSPS) is 11.3. The molecule has 1 aromatic rings. The fourth-order valence-electron chi connectivity index (χ4n) is 1.88. The summed E-state index contributed by atoms with van der Waals surface area (Å²) in [5.41, 5.74) is 1.36. The minimum atomic E-state index is -0.407. The Bertz CT molecular complexity index is 420. The molecule has 1 rings (SSSR count). The summed E-state index contributed by atoms with van der Waals surface area (Å²) in [5, 5.41) is 23.5. The van der Waals surface area contributed by atoms with Gasteiger partial charge in [0, 0.05) is 17.8 Å². The van der Waals surface area contributed by atoms with Gasteiger partial charge in [0.25, 0.3) is 5.69 Å². The number of rotatable bonds is 6. The number of aliphatic hydroxyl groups is 1. The van der Waals surface area contributed by atoms with Crippen molar-refractivity contribution in [3.8, 4) is 0 Å². The average molecular weight is 252 g/mol. The Kier molecular flexibility index (Phi) is 4.67. The van der Waals surface area contributed by atoms with E-state index < -0.39 is 4.92 Å². The summed E-state index contributed by atoms with van der Waals surface area (Å²) >= 11 is 0. The zero-order valence-corrected chi connectivity index (χ0v) is 11.1. The molecule has 1 aromatic carbocycles. The van der Waals surface area contributed by atoms with E-state index >= 15 is 0 Å². The van der Waals surface area contributed by atoms with Gasteiger partial charge in [-0.15, -0.1) is 0 Å². The van der Waals surface area contributed by atoms with Gasteiger partial charge < -0.3 is 10.4 Å². The van der Waals surface area contributed by atoms with Gasteiger partial charge in [0.05, 0.1) is 17.1 Å². The second-order valence-corrected chi connectivity index (χ2v) is 4.53. The van der Waals surface area contributed by atoms with E-state index in [0.717, 1.165) is 24.1 Å². The summed E-state index contributed by atoms with van der Waals surface area (Å²) in [6.45, 7) is 5.88. The van der Waals surface area contributed by atoms with Crippen LogP contribution in [0.25, 0.3) is 0 Å². The second-order valence-electron chi connectivity index (χ2n) is 4.53. The highest BCUT2D eigenvalue weighted by Gasteiger charge is 2.25. The predicted molar refractivity (Wildman–Crippen MR) is 71.9 cm³/mol. The number of aryl methyl sites for hydroxylation is 1. The number of nitrogens with one attached hydrogen (secondary N) is 1. The van der Waals surface area contributed by atoms with Crippen molar-refractivity contribution in [1.29, 1.82) is 0 Å². The molecule has 5 nitrogen and oxygen atoms in total. The average Bonchev–Trinajstić information content (AvgIpc) is 2.38. The SMILES string of the molecule is CCC(CC)(CO)Nc1ccc([N+](=O)[O-])cc1C. The molecule has 5 heteroatoms. The third-order valence-corrected chi connectivity index (χ3v) is 3.48. The molecule has 100 valence electrons. The number of anilines is 1. The van der Waals surface area contributed by atoms with Crippen molar-refractivity contribution in [3.63, 3.8) is 0 Å². The number of hydrogen-bond donors (Lipinski definition) is 2. The van der Waals surface area contributed by atoms with Gasteiger partial charge in [-0.05, 0) is 31.4 Å². The van der Waals surface area contributed by atoms with Gasteiger partial charge >= 0.3 is 0 Å². The molecule has 0 aliphatic carbocycles. The van der Waals surface area contributed by atoms with Crippen LogP contribution < -0.4 is 5.32 Å². The number of aliphatic hydroxyl groups excluding tert-OH is 1. The standard InChI is InChI=1S/C13H20N2O3/c1-4-13(5-2,9-16)14-12-7-6-11(15(17)18)8-10(12)3/h6-8,14,16H,4-5,9H2,1-3H3. The van der Waals surface area contributed by atoms with Crippen LogP contribution in [0, 0.1) is 17.0 Å². The van der Waals surface area contributed by atoms with E-state index in [1.807, 2.05) is 20.8 Å². The molecular weight excluding hydrogens is 232 g/mol. The quantitative estimate of drug-likeness (QED) is 0.603. The molecule has 0 aliphatic heterocycles. The molecule has 0 saturated carbocycles. The van der Waals surface area contributed by atoms with Crippen molar-refractivity contribution in [2.24, 2.45) is 0 Å².